The summed E-state index contributed by atoms with van der Waals surface area (Å²) in [6.45, 7) is 0. The average molecular weight is 260 g/mol. The number of hydrogen-bond acceptors (Lipinski definition) is 5. The van der Waals surface area contributed by atoms with Gasteiger partial charge in [0.2, 0.25) is 11.2 Å². The van der Waals surface area contributed by atoms with Crippen LogP contribution < -0.4 is 10.1 Å². The van der Waals surface area contributed by atoms with Gasteiger partial charge in [0.1, 0.15) is 16.8 Å². The maximum absolute atomic E-state index is 5.72. The Hall–Kier alpha value is -1.53. The summed E-state index contributed by atoms with van der Waals surface area (Å²) < 4.78 is 4.91. The van der Waals surface area contributed by atoms with Crippen molar-refractivity contribution in [3.8, 4) is 5.88 Å². The van der Waals surface area contributed by atoms with Gasteiger partial charge in [0.15, 0.2) is 0 Å². The standard InChI is InChI=1S/C8H7Cl2N5O/c1-16-7-3-6(14-15-7)12-5-2-4(9)11-8(10)13-5/h2-3H,1H3,(H2,11,12,13,14,15). The fraction of sp³-hybridized carbons (Fsp3) is 0.125. The molecule has 0 unspecified atom stereocenters. The molecule has 2 aromatic rings. The number of halogens is 2. The summed E-state index contributed by atoms with van der Waals surface area (Å²) in [5, 5.41) is 9.82. The molecular formula is C8H7Cl2N5O. The summed E-state index contributed by atoms with van der Waals surface area (Å²) in [7, 11) is 1.53. The number of nitrogens with zero attached hydrogens (tertiary/aromatic N) is 3. The Morgan fingerprint density at radius 1 is 1.31 bits per heavy atom. The van der Waals surface area contributed by atoms with Crippen molar-refractivity contribution in [2.75, 3.05) is 12.4 Å². The summed E-state index contributed by atoms with van der Waals surface area (Å²) in [5.74, 6) is 1.55. The largest absolute Gasteiger partial charge is 0.480 e. The second-order valence-electron chi connectivity index (χ2n) is 2.79. The van der Waals surface area contributed by atoms with Crippen LogP contribution in [0, 0.1) is 0 Å². The molecule has 16 heavy (non-hydrogen) atoms. The van der Waals surface area contributed by atoms with Gasteiger partial charge < -0.3 is 10.1 Å². The van der Waals surface area contributed by atoms with Crippen molar-refractivity contribution < 1.29 is 4.74 Å². The molecule has 8 heteroatoms. The first-order chi connectivity index (χ1) is 7.67. The normalized spacial score (nSPS) is 10.2. The molecule has 6 nitrogen and oxygen atoms in total. The van der Waals surface area contributed by atoms with Crippen LogP contribution in [0.15, 0.2) is 12.1 Å². The molecule has 0 spiro atoms. The van der Waals surface area contributed by atoms with Gasteiger partial charge in [0.25, 0.3) is 0 Å². The minimum atomic E-state index is 0.0708. The Bertz CT molecular complexity index is 481. The fourth-order valence-electron chi connectivity index (χ4n) is 1.06. The highest BCUT2D eigenvalue weighted by atomic mass is 35.5. The molecule has 0 atom stereocenters. The van der Waals surface area contributed by atoms with Crippen molar-refractivity contribution in [1.82, 2.24) is 20.2 Å². The molecule has 0 amide bonds. The smallest absolute Gasteiger partial charge is 0.234 e. The lowest BCUT2D eigenvalue weighted by Crippen LogP contribution is -1.95. The molecule has 0 saturated carbocycles. The van der Waals surface area contributed by atoms with Crippen LogP contribution >= 0.6 is 23.2 Å². The van der Waals surface area contributed by atoms with E-state index in [0.717, 1.165) is 0 Å². The molecule has 0 radical (unpaired) electrons. The minimum absolute atomic E-state index is 0.0708. The van der Waals surface area contributed by atoms with Crippen LogP contribution in [0.2, 0.25) is 10.4 Å². The van der Waals surface area contributed by atoms with E-state index in [1.165, 1.54) is 7.11 Å². The lowest BCUT2D eigenvalue weighted by atomic mass is 10.5. The van der Waals surface area contributed by atoms with E-state index in [0.29, 0.717) is 17.5 Å². The van der Waals surface area contributed by atoms with Crippen molar-refractivity contribution >= 4 is 34.8 Å². The number of aromatic nitrogens is 4. The number of aromatic amines is 1. The molecule has 2 N–H and O–H groups in total. The van der Waals surface area contributed by atoms with Crippen molar-refractivity contribution in [2.45, 2.75) is 0 Å². The van der Waals surface area contributed by atoms with Gasteiger partial charge in [0, 0.05) is 12.1 Å². The van der Waals surface area contributed by atoms with Gasteiger partial charge in [-0.2, -0.15) is 0 Å². The highest BCUT2D eigenvalue weighted by Crippen LogP contribution is 2.19. The molecule has 0 aliphatic rings. The predicted octanol–water partition coefficient (Wildman–Crippen LogP) is 2.26. The third-order valence-corrected chi connectivity index (χ3v) is 2.06. The quantitative estimate of drug-likeness (QED) is 0.653. The van der Waals surface area contributed by atoms with Crippen molar-refractivity contribution in [3.05, 3.63) is 22.6 Å². The van der Waals surface area contributed by atoms with Crippen LogP contribution in [0.1, 0.15) is 0 Å². The molecule has 2 heterocycles. The van der Waals surface area contributed by atoms with Gasteiger partial charge in [0.05, 0.1) is 7.11 Å². The first-order valence-electron chi connectivity index (χ1n) is 4.24. The summed E-state index contributed by atoms with van der Waals surface area (Å²) in [6.07, 6.45) is 0. The van der Waals surface area contributed by atoms with E-state index in [1.807, 2.05) is 0 Å². The van der Waals surface area contributed by atoms with Gasteiger partial charge in [-0.05, 0) is 11.6 Å². The van der Waals surface area contributed by atoms with Crippen LogP contribution in [0.5, 0.6) is 5.88 Å². The number of nitrogens with one attached hydrogen (secondary N) is 2. The van der Waals surface area contributed by atoms with Gasteiger partial charge >= 0.3 is 0 Å². The van der Waals surface area contributed by atoms with Crippen LogP contribution in [0.3, 0.4) is 0 Å². The summed E-state index contributed by atoms with van der Waals surface area (Å²) in [6, 6.07) is 3.21. The highest BCUT2D eigenvalue weighted by Gasteiger charge is 2.04. The molecular weight excluding hydrogens is 253 g/mol. The first kappa shape index (κ1) is 11.0. The average Bonchev–Trinajstić information content (AvgIpc) is 2.64. The topological polar surface area (TPSA) is 75.7 Å². The zero-order valence-electron chi connectivity index (χ0n) is 8.16. The van der Waals surface area contributed by atoms with Crippen LogP contribution in [-0.2, 0) is 0 Å². The third-order valence-electron chi connectivity index (χ3n) is 1.69. The Morgan fingerprint density at radius 2 is 2.12 bits per heavy atom. The van der Waals surface area contributed by atoms with E-state index in [4.69, 9.17) is 27.9 Å². The Kier molecular flexibility index (Phi) is 3.12. The zero-order valence-corrected chi connectivity index (χ0v) is 9.67. The molecule has 2 aromatic heterocycles. The second kappa shape index (κ2) is 4.54. The van der Waals surface area contributed by atoms with Gasteiger partial charge in [-0.25, -0.2) is 9.97 Å². The fourth-order valence-corrected chi connectivity index (χ4v) is 1.47. The summed E-state index contributed by atoms with van der Waals surface area (Å²) in [4.78, 5) is 7.66. The Balaban J connectivity index is 2.19. The van der Waals surface area contributed by atoms with E-state index >= 15 is 0 Å². The number of hydrogen-bond donors (Lipinski definition) is 2. The Labute approximate surface area is 101 Å². The number of methoxy groups -OCH3 is 1. The first-order valence-corrected chi connectivity index (χ1v) is 4.99. The second-order valence-corrected chi connectivity index (χ2v) is 3.52. The van der Waals surface area contributed by atoms with Gasteiger partial charge in [-0.15, -0.1) is 5.10 Å². The molecule has 0 saturated heterocycles. The third kappa shape index (κ3) is 2.53. The zero-order chi connectivity index (χ0) is 11.5. The van der Waals surface area contributed by atoms with Crippen LogP contribution in [0.25, 0.3) is 0 Å². The molecule has 0 aliphatic heterocycles. The van der Waals surface area contributed by atoms with E-state index in [2.05, 4.69) is 25.5 Å². The van der Waals surface area contributed by atoms with Crippen LogP contribution in [-0.4, -0.2) is 27.3 Å². The molecule has 0 fully saturated rings. The lowest BCUT2D eigenvalue weighted by Gasteiger charge is -2.02. The van der Waals surface area contributed by atoms with Gasteiger partial charge in [-0.1, -0.05) is 11.6 Å². The molecule has 2 rings (SSSR count). The van der Waals surface area contributed by atoms with E-state index in [1.54, 1.807) is 12.1 Å². The molecule has 0 bridgehead atoms. The number of rotatable bonds is 3. The SMILES string of the molecule is COc1cc(Nc2cc(Cl)nc(Cl)n2)[nH]n1. The van der Waals surface area contributed by atoms with Crippen molar-refractivity contribution in [2.24, 2.45) is 0 Å². The highest BCUT2D eigenvalue weighted by molar-refractivity contribution is 6.32. The Morgan fingerprint density at radius 3 is 2.75 bits per heavy atom. The number of ether oxygens (including phenoxy) is 1. The monoisotopic (exact) mass is 259 g/mol. The van der Waals surface area contributed by atoms with Crippen LogP contribution in [0.4, 0.5) is 11.6 Å². The number of anilines is 2. The van der Waals surface area contributed by atoms with Crippen molar-refractivity contribution in [1.29, 1.82) is 0 Å². The maximum atomic E-state index is 5.72. The van der Waals surface area contributed by atoms with Crippen molar-refractivity contribution in [3.63, 3.8) is 0 Å². The lowest BCUT2D eigenvalue weighted by molar-refractivity contribution is 0.397. The maximum Gasteiger partial charge on any atom is 0.234 e. The number of H-pyrrole nitrogens is 1. The molecule has 0 aromatic carbocycles. The molecule has 0 aliphatic carbocycles. The van der Waals surface area contributed by atoms with E-state index < -0.39 is 0 Å². The van der Waals surface area contributed by atoms with Gasteiger partial charge in [-0.3, -0.25) is 5.10 Å². The minimum Gasteiger partial charge on any atom is -0.480 e. The van der Waals surface area contributed by atoms with E-state index in [9.17, 15) is 0 Å². The van der Waals surface area contributed by atoms with E-state index in [-0.39, 0.29) is 10.4 Å². The molecule has 84 valence electrons. The predicted molar refractivity (Wildman–Crippen MR) is 60.5 cm³/mol. The summed E-state index contributed by atoms with van der Waals surface area (Å²) >= 11 is 11.4. The summed E-state index contributed by atoms with van der Waals surface area (Å²) in [5.41, 5.74) is 0.